The SMILES string of the molecule is CCCCCCCCCCCCCCCn1cc[n+](CCCCCCCCCC)c1CCCCCCCCCCCCC. The van der Waals surface area contributed by atoms with Crippen LogP contribution in [0, 0.1) is 0 Å². The molecule has 254 valence electrons. The minimum absolute atomic E-state index is 1.23. The lowest BCUT2D eigenvalue weighted by molar-refractivity contribution is -0.704. The number of nitrogens with zero attached hydrogens (tertiary/aromatic N) is 2. The summed E-state index contributed by atoms with van der Waals surface area (Å²) in [7, 11) is 0. The molecule has 0 saturated heterocycles. The van der Waals surface area contributed by atoms with E-state index in [-0.39, 0.29) is 0 Å². The Kier molecular flexibility index (Phi) is 30.5. The van der Waals surface area contributed by atoms with Gasteiger partial charge in [-0.3, -0.25) is 0 Å². The number of imidazole rings is 1. The van der Waals surface area contributed by atoms with E-state index in [0.29, 0.717) is 0 Å². The van der Waals surface area contributed by atoms with E-state index in [2.05, 4.69) is 42.3 Å². The van der Waals surface area contributed by atoms with Crippen LogP contribution in [0.4, 0.5) is 0 Å². The molecule has 1 aromatic rings. The first-order chi connectivity index (χ1) is 21.3. The van der Waals surface area contributed by atoms with Gasteiger partial charge in [0.25, 0.3) is 5.82 Å². The summed E-state index contributed by atoms with van der Waals surface area (Å²) in [6.07, 6.45) is 51.9. The number of aromatic nitrogens is 2. The molecule has 43 heavy (non-hydrogen) atoms. The van der Waals surface area contributed by atoms with E-state index in [9.17, 15) is 0 Å². The molecule has 0 aliphatic carbocycles. The number of unbranched alkanes of at least 4 members (excludes halogenated alkanes) is 29. The predicted molar refractivity (Wildman–Crippen MR) is 193 cm³/mol. The Balaban J connectivity index is 2.28. The zero-order valence-electron chi connectivity index (χ0n) is 30.3. The van der Waals surface area contributed by atoms with E-state index < -0.39 is 0 Å². The summed E-state index contributed by atoms with van der Waals surface area (Å²) in [4.78, 5) is 0. The summed E-state index contributed by atoms with van der Waals surface area (Å²) in [6.45, 7) is 9.40. The van der Waals surface area contributed by atoms with E-state index in [4.69, 9.17) is 0 Å². The van der Waals surface area contributed by atoms with Crippen molar-refractivity contribution in [2.24, 2.45) is 0 Å². The van der Waals surface area contributed by atoms with Gasteiger partial charge in [0.05, 0.1) is 13.1 Å². The standard InChI is InChI=1S/C41H81N2/c1-4-7-10-13-16-19-21-22-24-26-29-32-35-38-43-40-39-42(37-34-31-28-18-15-12-9-6-3)41(43)36-33-30-27-25-23-20-17-14-11-8-5-2/h39-40H,4-38H2,1-3H3/q+1. The van der Waals surface area contributed by atoms with Crippen LogP contribution in [0.1, 0.15) is 232 Å². The van der Waals surface area contributed by atoms with Gasteiger partial charge in [-0.05, 0) is 32.1 Å². The van der Waals surface area contributed by atoms with Crippen LogP contribution in [0.25, 0.3) is 0 Å². The zero-order chi connectivity index (χ0) is 30.9. The minimum Gasteiger partial charge on any atom is -0.234 e. The monoisotopic (exact) mass is 602 g/mol. The van der Waals surface area contributed by atoms with E-state index in [0.717, 1.165) is 0 Å². The minimum atomic E-state index is 1.23. The molecule has 0 aliphatic heterocycles. The van der Waals surface area contributed by atoms with Gasteiger partial charge in [-0.15, -0.1) is 0 Å². The number of rotatable bonds is 35. The van der Waals surface area contributed by atoms with Gasteiger partial charge in [0.1, 0.15) is 12.4 Å². The maximum atomic E-state index is 2.64. The van der Waals surface area contributed by atoms with Crippen molar-refractivity contribution in [3.63, 3.8) is 0 Å². The van der Waals surface area contributed by atoms with Crippen molar-refractivity contribution in [2.75, 3.05) is 0 Å². The van der Waals surface area contributed by atoms with Gasteiger partial charge in [0, 0.05) is 6.42 Å². The highest BCUT2D eigenvalue weighted by atomic mass is 15.1. The van der Waals surface area contributed by atoms with Gasteiger partial charge in [0.15, 0.2) is 0 Å². The molecule has 0 aliphatic rings. The molecule has 0 unspecified atom stereocenters. The maximum Gasteiger partial charge on any atom is 0.256 e. The first-order valence-electron chi connectivity index (χ1n) is 20.4. The molecule has 1 heterocycles. The second-order valence-electron chi connectivity index (χ2n) is 14.1. The molecule has 1 rings (SSSR count). The van der Waals surface area contributed by atoms with Gasteiger partial charge in [-0.25, -0.2) is 9.13 Å². The Hall–Kier alpha value is -0.790. The fourth-order valence-corrected chi connectivity index (χ4v) is 6.86. The highest BCUT2D eigenvalue weighted by Crippen LogP contribution is 2.15. The largest absolute Gasteiger partial charge is 0.256 e. The van der Waals surface area contributed by atoms with Crippen molar-refractivity contribution >= 4 is 0 Å². The second-order valence-corrected chi connectivity index (χ2v) is 14.1. The molecule has 0 saturated carbocycles. The van der Waals surface area contributed by atoms with Crippen molar-refractivity contribution in [1.29, 1.82) is 0 Å². The Morgan fingerprint density at radius 1 is 0.395 bits per heavy atom. The first-order valence-corrected chi connectivity index (χ1v) is 20.4. The molecule has 1 aromatic heterocycles. The normalized spacial score (nSPS) is 11.6. The molecular weight excluding hydrogens is 520 g/mol. The fraction of sp³-hybridized carbons (Fsp3) is 0.927. The van der Waals surface area contributed by atoms with Gasteiger partial charge >= 0.3 is 0 Å². The topological polar surface area (TPSA) is 8.81 Å². The van der Waals surface area contributed by atoms with Crippen LogP contribution < -0.4 is 4.57 Å². The molecule has 0 radical (unpaired) electrons. The van der Waals surface area contributed by atoms with Crippen LogP contribution in [0.5, 0.6) is 0 Å². The molecule has 0 atom stereocenters. The van der Waals surface area contributed by atoms with E-state index >= 15 is 0 Å². The van der Waals surface area contributed by atoms with Gasteiger partial charge in [-0.1, -0.05) is 194 Å². The van der Waals surface area contributed by atoms with Crippen LogP contribution in [0.2, 0.25) is 0 Å². The zero-order valence-corrected chi connectivity index (χ0v) is 30.3. The quantitative estimate of drug-likeness (QED) is 0.0540. The summed E-state index contributed by atoms with van der Waals surface area (Å²) in [5.41, 5.74) is 0. The smallest absolute Gasteiger partial charge is 0.234 e. The second kappa shape index (κ2) is 32.6. The van der Waals surface area contributed by atoms with Crippen LogP contribution in [-0.2, 0) is 19.5 Å². The lowest BCUT2D eigenvalue weighted by atomic mass is 10.0. The van der Waals surface area contributed by atoms with Gasteiger partial charge in [0.2, 0.25) is 0 Å². The Bertz CT molecular complexity index is 663. The van der Waals surface area contributed by atoms with E-state index in [1.54, 1.807) is 5.82 Å². The Morgan fingerprint density at radius 2 is 0.721 bits per heavy atom. The average Bonchev–Trinajstić information content (AvgIpc) is 3.40. The predicted octanol–water partition coefficient (Wildman–Crippen LogP) is 13.9. The van der Waals surface area contributed by atoms with Crippen LogP contribution in [0.15, 0.2) is 12.4 Å². The number of hydrogen-bond donors (Lipinski definition) is 0. The molecule has 0 amide bonds. The lowest BCUT2D eigenvalue weighted by Crippen LogP contribution is -2.37. The summed E-state index contributed by atoms with van der Waals surface area (Å²) in [5, 5.41) is 0. The van der Waals surface area contributed by atoms with Crippen molar-refractivity contribution in [2.45, 2.75) is 246 Å². The van der Waals surface area contributed by atoms with Crippen LogP contribution >= 0.6 is 0 Å². The van der Waals surface area contributed by atoms with Gasteiger partial charge in [-0.2, -0.15) is 0 Å². The van der Waals surface area contributed by atoms with Crippen molar-refractivity contribution in [3.05, 3.63) is 18.2 Å². The summed E-state index contributed by atoms with van der Waals surface area (Å²) in [6, 6.07) is 0. The third-order valence-electron chi connectivity index (χ3n) is 9.85. The molecule has 0 fully saturated rings. The Labute approximate surface area is 272 Å². The van der Waals surface area contributed by atoms with Crippen molar-refractivity contribution in [3.8, 4) is 0 Å². The summed E-state index contributed by atoms with van der Waals surface area (Å²) < 4.78 is 5.27. The van der Waals surface area contributed by atoms with E-state index in [1.165, 1.54) is 225 Å². The molecule has 0 bridgehead atoms. The molecule has 0 aromatic carbocycles. The molecule has 2 nitrogen and oxygen atoms in total. The summed E-state index contributed by atoms with van der Waals surface area (Å²) >= 11 is 0. The highest BCUT2D eigenvalue weighted by Gasteiger charge is 2.16. The summed E-state index contributed by atoms with van der Waals surface area (Å²) in [5.74, 6) is 1.62. The molecular formula is C41H81N2+. The average molecular weight is 602 g/mol. The van der Waals surface area contributed by atoms with Crippen molar-refractivity contribution < 1.29 is 4.57 Å². The Morgan fingerprint density at radius 3 is 1.12 bits per heavy atom. The third-order valence-corrected chi connectivity index (χ3v) is 9.85. The van der Waals surface area contributed by atoms with Crippen LogP contribution in [-0.4, -0.2) is 4.57 Å². The van der Waals surface area contributed by atoms with Crippen molar-refractivity contribution in [1.82, 2.24) is 4.57 Å². The molecule has 0 N–H and O–H groups in total. The molecule has 0 spiro atoms. The highest BCUT2D eigenvalue weighted by molar-refractivity contribution is 4.84. The lowest BCUT2D eigenvalue weighted by Gasteiger charge is -2.07. The van der Waals surface area contributed by atoms with E-state index in [1.807, 2.05) is 0 Å². The third kappa shape index (κ3) is 25.1. The fourth-order valence-electron chi connectivity index (χ4n) is 6.86. The van der Waals surface area contributed by atoms with Crippen LogP contribution in [0.3, 0.4) is 0 Å². The maximum absolute atomic E-state index is 2.64. The number of hydrogen-bond acceptors (Lipinski definition) is 0. The first kappa shape index (κ1) is 40.2. The number of aryl methyl sites for hydroxylation is 2. The molecule has 2 heteroatoms. The van der Waals surface area contributed by atoms with Gasteiger partial charge < -0.3 is 0 Å².